The molecule has 2 rings (SSSR count). The SMILES string of the molecule is Cc1c(C(=O)NCC(C)CO)cnn1C1CCOCC1. The molecule has 1 aliphatic rings. The molecule has 20 heavy (non-hydrogen) atoms. The van der Waals surface area contributed by atoms with Crippen molar-refractivity contribution in [1.82, 2.24) is 15.1 Å². The zero-order chi connectivity index (χ0) is 14.5. The maximum atomic E-state index is 12.1. The van der Waals surface area contributed by atoms with E-state index in [0.717, 1.165) is 31.7 Å². The van der Waals surface area contributed by atoms with Gasteiger partial charge in [-0.05, 0) is 25.7 Å². The van der Waals surface area contributed by atoms with Gasteiger partial charge in [-0.25, -0.2) is 0 Å². The van der Waals surface area contributed by atoms with Gasteiger partial charge in [-0.2, -0.15) is 5.10 Å². The van der Waals surface area contributed by atoms with Crippen LogP contribution in [-0.4, -0.2) is 47.2 Å². The van der Waals surface area contributed by atoms with Gasteiger partial charge in [-0.15, -0.1) is 0 Å². The standard InChI is InChI=1S/C14H23N3O3/c1-10(9-18)7-15-14(19)13-8-16-17(11(13)2)12-3-5-20-6-4-12/h8,10,12,18H,3-7,9H2,1-2H3,(H,15,19). The Bertz CT molecular complexity index is 453. The van der Waals surface area contributed by atoms with Crippen LogP contribution in [0.15, 0.2) is 6.20 Å². The van der Waals surface area contributed by atoms with Crippen LogP contribution in [0.5, 0.6) is 0 Å². The topological polar surface area (TPSA) is 76.4 Å². The molecular weight excluding hydrogens is 258 g/mol. The molecule has 2 heterocycles. The number of ether oxygens (including phenoxy) is 1. The van der Waals surface area contributed by atoms with Gasteiger partial charge in [0.25, 0.3) is 5.91 Å². The maximum Gasteiger partial charge on any atom is 0.254 e. The fourth-order valence-electron chi connectivity index (χ4n) is 2.37. The number of aliphatic hydroxyl groups is 1. The molecule has 112 valence electrons. The second-order valence-corrected chi connectivity index (χ2v) is 5.43. The number of hydrogen-bond donors (Lipinski definition) is 2. The fraction of sp³-hybridized carbons (Fsp3) is 0.714. The van der Waals surface area contributed by atoms with Crippen molar-refractivity contribution < 1.29 is 14.6 Å². The van der Waals surface area contributed by atoms with Crippen molar-refractivity contribution in [1.29, 1.82) is 0 Å². The number of aliphatic hydroxyl groups excluding tert-OH is 1. The minimum Gasteiger partial charge on any atom is -0.396 e. The van der Waals surface area contributed by atoms with E-state index in [2.05, 4.69) is 10.4 Å². The van der Waals surface area contributed by atoms with Crippen LogP contribution in [-0.2, 0) is 4.74 Å². The predicted molar refractivity (Wildman–Crippen MR) is 74.6 cm³/mol. The average molecular weight is 281 g/mol. The van der Waals surface area contributed by atoms with E-state index in [4.69, 9.17) is 9.84 Å². The van der Waals surface area contributed by atoms with Crippen molar-refractivity contribution in [3.05, 3.63) is 17.5 Å². The van der Waals surface area contributed by atoms with Gasteiger partial charge in [0.1, 0.15) is 0 Å². The monoisotopic (exact) mass is 281 g/mol. The molecule has 6 nitrogen and oxygen atoms in total. The summed E-state index contributed by atoms with van der Waals surface area (Å²) in [4.78, 5) is 12.1. The van der Waals surface area contributed by atoms with Crippen LogP contribution < -0.4 is 5.32 Å². The van der Waals surface area contributed by atoms with E-state index in [-0.39, 0.29) is 18.4 Å². The van der Waals surface area contributed by atoms with Crippen molar-refractivity contribution in [2.24, 2.45) is 5.92 Å². The van der Waals surface area contributed by atoms with Crippen LogP contribution in [0.1, 0.15) is 41.9 Å². The van der Waals surface area contributed by atoms with E-state index in [1.165, 1.54) is 0 Å². The Hall–Kier alpha value is -1.40. The minimum atomic E-state index is -0.124. The van der Waals surface area contributed by atoms with Gasteiger partial charge in [-0.3, -0.25) is 9.48 Å². The number of aromatic nitrogens is 2. The summed E-state index contributed by atoms with van der Waals surface area (Å²) in [5.74, 6) is -0.0640. The largest absolute Gasteiger partial charge is 0.396 e. The number of carbonyl (C=O) groups excluding carboxylic acids is 1. The van der Waals surface area contributed by atoms with Gasteiger partial charge in [-0.1, -0.05) is 6.92 Å². The molecule has 0 bridgehead atoms. The molecule has 0 radical (unpaired) electrons. The summed E-state index contributed by atoms with van der Waals surface area (Å²) in [6.45, 7) is 5.85. The molecule has 0 spiro atoms. The van der Waals surface area contributed by atoms with Crippen molar-refractivity contribution in [2.75, 3.05) is 26.4 Å². The molecule has 1 aliphatic heterocycles. The Morgan fingerprint density at radius 2 is 2.30 bits per heavy atom. The number of rotatable bonds is 5. The predicted octanol–water partition coefficient (Wildman–Crippen LogP) is 0.901. The molecule has 0 aliphatic carbocycles. The van der Waals surface area contributed by atoms with E-state index < -0.39 is 0 Å². The second-order valence-electron chi connectivity index (χ2n) is 5.43. The molecule has 1 fully saturated rings. The first-order chi connectivity index (χ1) is 9.63. The molecule has 1 saturated heterocycles. The molecule has 0 saturated carbocycles. The lowest BCUT2D eigenvalue weighted by Gasteiger charge is -2.23. The van der Waals surface area contributed by atoms with Gasteiger partial charge in [0, 0.05) is 32.1 Å². The Labute approximate surface area is 119 Å². The minimum absolute atomic E-state index is 0.0600. The summed E-state index contributed by atoms with van der Waals surface area (Å²) in [6.07, 6.45) is 3.50. The van der Waals surface area contributed by atoms with Crippen LogP contribution in [0.2, 0.25) is 0 Å². The number of nitrogens with one attached hydrogen (secondary N) is 1. The van der Waals surface area contributed by atoms with Crippen molar-refractivity contribution in [3.63, 3.8) is 0 Å². The Kier molecular flexibility index (Phi) is 5.14. The number of nitrogens with zero attached hydrogens (tertiary/aromatic N) is 2. The number of amides is 1. The van der Waals surface area contributed by atoms with E-state index in [9.17, 15) is 4.79 Å². The van der Waals surface area contributed by atoms with Gasteiger partial charge in [0.2, 0.25) is 0 Å². The van der Waals surface area contributed by atoms with E-state index in [1.807, 2.05) is 18.5 Å². The summed E-state index contributed by atoms with van der Waals surface area (Å²) >= 11 is 0. The molecule has 0 aromatic carbocycles. The second kappa shape index (κ2) is 6.85. The Morgan fingerprint density at radius 3 is 2.95 bits per heavy atom. The Balaban J connectivity index is 2.02. The highest BCUT2D eigenvalue weighted by Crippen LogP contribution is 2.23. The molecular formula is C14H23N3O3. The van der Waals surface area contributed by atoms with Gasteiger partial charge in [0.15, 0.2) is 0 Å². The third kappa shape index (κ3) is 3.37. The molecule has 1 aromatic heterocycles. The van der Waals surface area contributed by atoms with E-state index in [0.29, 0.717) is 18.2 Å². The van der Waals surface area contributed by atoms with Crippen molar-refractivity contribution >= 4 is 5.91 Å². The van der Waals surface area contributed by atoms with Crippen molar-refractivity contribution in [2.45, 2.75) is 32.7 Å². The summed E-state index contributed by atoms with van der Waals surface area (Å²) < 4.78 is 7.29. The fourth-order valence-corrected chi connectivity index (χ4v) is 2.37. The summed E-state index contributed by atoms with van der Waals surface area (Å²) in [5.41, 5.74) is 1.51. The molecule has 6 heteroatoms. The molecule has 2 N–H and O–H groups in total. The maximum absolute atomic E-state index is 12.1. The normalized spacial score (nSPS) is 17.9. The first-order valence-corrected chi connectivity index (χ1v) is 7.14. The lowest BCUT2D eigenvalue weighted by Crippen LogP contribution is -2.30. The van der Waals surface area contributed by atoms with Gasteiger partial charge in [0.05, 0.1) is 17.8 Å². The lowest BCUT2D eigenvalue weighted by atomic mass is 10.1. The van der Waals surface area contributed by atoms with Crippen LogP contribution in [0.3, 0.4) is 0 Å². The smallest absolute Gasteiger partial charge is 0.254 e. The zero-order valence-electron chi connectivity index (χ0n) is 12.1. The quantitative estimate of drug-likeness (QED) is 0.841. The van der Waals surface area contributed by atoms with Crippen LogP contribution in [0.4, 0.5) is 0 Å². The first kappa shape index (κ1) is 15.0. The Morgan fingerprint density at radius 1 is 1.60 bits per heavy atom. The van der Waals surface area contributed by atoms with Gasteiger partial charge < -0.3 is 15.2 Å². The zero-order valence-corrected chi connectivity index (χ0v) is 12.1. The van der Waals surface area contributed by atoms with E-state index >= 15 is 0 Å². The molecule has 1 amide bonds. The highest BCUT2D eigenvalue weighted by atomic mass is 16.5. The summed E-state index contributed by atoms with van der Waals surface area (Å²) in [7, 11) is 0. The lowest BCUT2D eigenvalue weighted by molar-refractivity contribution is 0.0656. The highest BCUT2D eigenvalue weighted by molar-refractivity contribution is 5.95. The van der Waals surface area contributed by atoms with Crippen LogP contribution in [0, 0.1) is 12.8 Å². The van der Waals surface area contributed by atoms with Crippen LogP contribution in [0.25, 0.3) is 0 Å². The number of hydrogen-bond acceptors (Lipinski definition) is 4. The molecule has 1 aromatic rings. The average Bonchev–Trinajstić information content (AvgIpc) is 2.87. The van der Waals surface area contributed by atoms with Crippen LogP contribution >= 0.6 is 0 Å². The highest BCUT2D eigenvalue weighted by Gasteiger charge is 2.21. The third-order valence-electron chi connectivity index (χ3n) is 3.75. The van der Waals surface area contributed by atoms with Gasteiger partial charge >= 0.3 is 0 Å². The van der Waals surface area contributed by atoms with Crippen molar-refractivity contribution in [3.8, 4) is 0 Å². The first-order valence-electron chi connectivity index (χ1n) is 7.14. The molecule has 1 atom stereocenters. The summed E-state index contributed by atoms with van der Waals surface area (Å²) in [6, 6.07) is 0.321. The summed E-state index contributed by atoms with van der Waals surface area (Å²) in [5, 5.41) is 16.2. The van der Waals surface area contributed by atoms with E-state index in [1.54, 1.807) is 6.20 Å². The number of carbonyl (C=O) groups is 1. The third-order valence-corrected chi connectivity index (χ3v) is 3.75. The molecule has 1 unspecified atom stereocenters.